The lowest BCUT2D eigenvalue weighted by Gasteiger charge is -2.12. The number of carboxylic acids is 1. The molecular formula is C11H12ClO4-. The first kappa shape index (κ1) is 14.5. The van der Waals surface area contributed by atoms with Crippen LogP contribution in [0.4, 0.5) is 0 Å². The zero-order valence-corrected chi connectivity index (χ0v) is 9.48. The summed E-state index contributed by atoms with van der Waals surface area (Å²) < 4.78 is 4.68. The molecule has 5 heteroatoms. The van der Waals surface area contributed by atoms with Gasteiger partial charge >= 0.3 is 11.9 Å². The van der Waals surface area contributed by atoms with Gasteiger partial charge in [-0.3, -0.25) is 4.79 Å². The second-order valence-electron chi connectivity index (χ2n) is 3.13. The van der Waals surface area contributed by atoms with Crippen molar-refractivity contribution in [3.63, 3.8) is 0 Å². The summed E-state index contributed by atoms with van der Waals surface area (Å²) in [6.07, 6.45) is -0.916. The Morgan fingerprint density at radius 2 is 1.88 bits per heavy atom. The Kier molecular flexibility index (Phi) is 6.18. The molecule has 0 aliphatic rings. The molecule has 0 saturated carbocycles. The molecule has 1 N–H and O–H groups in total. The monoisotopic (exact) mass is 243 g/mol. The van der Waals surface area contributed by atoms with Crippen molar-refractivity contribution in [3.05, 3.63) is 35.9 Å². The average Bonchev–Trinajstić information content (AvgIpc) is 2.17. The number of hydrogen-bond acceptors (Lipinski definition) is 3. The summed E-state index contributed by atoms with van der Waals surface area (Å²) in [7, 11) is 0. The molecule has 1 aromatic carbocycles. The molecule has 0 bridgehead atoms. The van der Waals surface area contributed by atoms with Crippen LogP contribution in [0.1, 0.15) is 12.5 Å². The highest BCUT2D eigenvalue weighted by Crippen LogP contribution is 2.06. The van der Waals surface area contributed by atoms with Crippen molar-refractivity contribution in [2.24, 2.45) is 0 Å². The molecule has 16 heavy (non-hydrogen) atoms. The molecule has 0 heterocycles. The van der Waals surface area contributed by atoms with E-state index in [4.69, 9.17) is 5.11 Å². The fraction of sp³-hybridized carbons (Fsp3) is 0.273. The van der Waals surface area contributed by atoms with Crippen LogP contribution in [-0.2, 0) is 20.7 Å². The van der Waals surface area contributed by atoms with Gasteiger partial charge in [-0.05, 0) is 5.56 Å². The SMILES string of the molecule is CC(=O)OC(Cc1ccccc1)C(=O)O.[Cl-]. The number of carboxylic acid groups (broad SMARTS) is 1. The van der Waals surface area contributed by atoms with Crippen LogP contribution in [0.5, 0.6) is 0 Å². The smallest absolute Gasteiger partial charge is 0.345 e. The summed E-state index contributed by atoms with van der Waals surface area (Å²) >= 11 is 0. The molecule has 0 aliphatic carbocycles. The molecule has 88 valence electrons. The molecule has 0 radical (unpaired) electrons. The minimum Gasteiger partial charge on any atom is -1.00 e. The Labute approximate surface area is 99.6 Å². The minimum atomic E-state index is -1.13. The first-order chi connectivity index (χ1) is 7.09. The Morgan fingerprint density at radius 3 is 2.31 bits per heavy atom. The predicted molar refractivity (Wildman–Crippen MR) is 53.3 cm³/mol. The second-order valence-corrected chi connectivity index (χ2v) is 3.13. The zero-order valence-electron chi connectivity index (χ0n) is 8.72. The maximum absolute atomic E-state index is 10.8. The third-order valence-corrected chi connectivity index (χ3v) is 1.85. The molecule has 1 unspecified atom stereocenters. The summed E-state index contributed by atoms with van der Waals surface area (Å²) in [5, 5.41) is 8.81. The van der Waals surface area contributed by atoms with Crippen molar-refractivity contribution in [1.82, 2.24) is 0 Å². The van der Waals surface area contributed by atoms with Gasteiger partial charge in [-0.15, -0.1) is 0 Å². The molecule has 0 spiro atoms. The number of benzene rings is 1. The third kappa shape index (κ3) is 4.79. The predicted octanol–water partition coefficient (Wildman–Crippen LogP) is -1.75. The van der Waals surface area contributed by atoms with Crippen molar-refractivity contribution in [1.29, 1.82) is 0 Å². The van der Waals surface area contributed by atoms with Crippen molar-refractivity contribution >= 4 is 11.9 Å². The summed E-state index contributed by atoms with van der Waals surface area (Å²) in [6, 6.07) is 9.04. The maximum atomic E-state index is 10.8. The molecular weight excluding hydrogens is 232 g/mol. The molecule has 1 aromatic rings. The Morgan fingerprint density at radius 1 is 1.31 bits per heavy atom. The van der Waals surface area contributed by atoms with Gasteiger partial charge in [0.1, 0.15) is 0 Å². The molecule has 1 rings (SSSR count). The van der Waals surface area contributed by atoms with E-state index in [1.54, 1.807) is 12.1 Å². The fourth-order valence-electron chi connectivity index (χ4n) is 1.21. The molecule has 0 saturated heterocycles. The van der Waals surface area contributed by atoms with Crippen LogP contribution in [0.2, 0.25) is 0 Å². The van der Waals surface area contributed by atoms with Gasteiger partial charge in [0.15, 0.2) is 0 Å². The standard InChI is InChI=1S/C11H12O4.ClH/c1-8(12)15-10(11(13)14)7-9-5-3-2-4-6-9;/h2-6,10H,7H2,1H3,(H,13,14);1H/p-1. The van der Waals surface area contributed by atoms with Gasteiger partial charge in [0, 0.05) is 13.3 Å². The van der Waals surface area contributed by atoms with E-state index in [2.05, 4.69) is 4.74 Å². The van der Waals surface area contributed by atoms with Gasteiger partial charge in [0.2, 0.25) is 6.10 Å². The van der Waals surface area contributed by atoms with Crippen molar-refractivity contribution < 1.29 is 31.8 Å². The average molecular weight is 244 g/mol. The molecule has 0 amide bonds. The molecule has 4 nitrogen and oxygen atoms in total. The number of rotatable bonds is 4. The topological polar surface area (TPSA) is 63.6 Å². The summed E-state index contributed by atoms with van der Waals surface area (Å²) in [4.78, 5) is 21.4. The number of halogens is 1. The summed E-state index contributed by atoms with van der Waals surface area (Å²) in [6.45, 7) is 1.20. The van der Waals surface area contributed by atoms with E-state index in [9.17, 15) is 9.59 Å². The number of esters is 1. The lowest BCUT2D eigenvalue weighted by atomic mass is 10.1. The molecule has 1 atom stereocenters. The van der Waals surface area contributed by atoms with Crippen LogP contribution in [0.3, 0.4) is 0 Å². The van der Waals surface area contributed by atoms with E-state index in [1.165, 1.54) is 6.92 Å². The highest BCUT2D eigenvalue weighted by molar-refractivity contribution is 5.77. The van der Waals surface area contributed by atoms with Crippen LogP contribution in [0.25, 0.3) is 0 Å². The van der Waals surface area contributed by atoms with Gasteiger partial charge in [-0.2, -0.15) is 0 Å². The maximum Gasteiger partial charge on any atom is 0.345 e. The summed E-state index contributed by atoms with van der Waals surface area (Å²) in [5.41, 5.74) is 0.825. The largest absolute Gasteiger partial charge is 1.00 e. The first-order valence-corrected chi connectivity index (χ1v) is 4.53. The number of hydrogen-bond donors (Lipinski definition) is 1. The van der Waals surface area contributed by atoms with E-state index in [1.807, 2.05) is 18.2 Å². The zero-order chi connectivity index (χ0) is 11.3. The fourth-order valence-corrected chi connectivity index (χ4v) is 1.21. The first-order valence-electron chi connectivity index (χ1n) is 4.53. The second kappa shape index (κ2) is 6.85. The Bertz CT molecular complexity index is 350. The van der Waals surface area contributed by atoms with Gasteiger partial charge < -0.3 is 22.3 Å². The van der Waals surface area contributed by atoms with Crippen molar-refractivity contribution in [2.75, 3.05) is 0 Å². The Hall–Kier alpha value is -1.55. The van der Waals surface area contributed by atoms with Gasteiger partial charge in [-0.1, -0.05) is 30.3 Å². The van der Waals surface area contributed by atoms with Gasteiger partial charge in [-0.25, -0.2) is 4.79 Å². The number of carbonyl (C=O) groups excluding carboxylic acids is 1. The molecule has 0 aromatic heterocycles. The lowest BCUT2D eigenvalue weighted by Crippen LogP contribution is -3.00. The van der Waals surface area contributed by atoms with E-state index >= 15 is 0 Å². The lowest BCUT2D eigenvalue weighted by molar-refractivity contribution is -0.162. The highest BCUT2D eigenvalue weighted by atomic mass is 35.5. The summed E-state index contributed by atoms with van der Waals surface area (Å²) in [5.74, 6) is -1.72. The van der Waals surface area contributed by atoms with Crippen LogP contribution < -0.4 is 12.4 Å². The van der Waals surface area contributed by atoms with Crippen LogP contribution in [-0.4, -0.2) is 23.1 Å². The Balaban J connectivity index is 0.00000225. The number of aliphatic carboxylic acids is 1. The van der Waals surface area contributed by atoms with Crippen molar-refractivity contribution in [3.8, 4) is 0 Å². The van der Waals surface area contributed by atoms with E-state index in [0.717, 1.165) is 5.56 Å². The van der Waals surface area contributed by atoms with E-state index < -0.39 is 18.0 Å². The molecule has 0 aliphatic heterocycles. The van der Waals surface area contributed by atoms with Gasteiger partial charge in [0.05, 0.1) is 0 Å². The highest BCUT2D eigenvalue weighted by Gasteiger charge is 2.20. The number of ether oxygens (including phenoxy) is 1. The van der Waals surface area contributed by atoms with Gasteiger partial charge in [0.25, 0.3) is 0 Å². The quantitative estimate of drug-likeness (QED) is 0.637. The third-order valence-electron chi connectivity index (χ3n) is 1.85. The van der Waals surface area contributed by atoms with E-state index in [0.29, 0.717) is 0 Å². The van der Waals surface area contributed by atoms with Crippen LogP contribution >= 0.6 is 0 Å². The van der Waals surface area contributed by atoms with E-state index in [-0.39, 0.29) is 18.8 Å². The normalized spacial score (nSPS) is 11.1. The van der Waals surface area contributed by atoms with Crippen LogP contribution in [0, 0.1) is 0 Å². The van der Waals surface area contributed by atoms with Crippen LogP contribution in [0.15, 0.2) is 30.3 Å². The minimum absolute atomic E-state index is 0. The molecule has 0 fully saturated rings. The number of carbonyl (C=O) groups is 2. The van der Waals surface area contributed by atoms with Crippen molar-refractivity contribution in [2.45, 2.75) is 19.4 Å².